The number of carbonyl (C=O) groups is 1. The summed E-state index contributed by atoms with van der Waals surface area (Å²) in [6, 6.07) is -0.325. The highest BCUT2D eigenvalue weighted by Crippen LogP contribution is 2.20. The topological polar surface area (TPSA) is 32.3 Å². The third-order valence-electron chi connectivity index (χ3n) is 2.14. The summed E-state index contributed by atoms with van der Waals surface area (Å²) < 4.78 is 35.8. The van der Waals surface area contributed by atoms with Crippen molar-refractivity contribution >= 4 is 18.3 Å². The molecule has 1 unspecified atom stereocenters. The SMILES string of the molecule is CN(C(=O)C(F)(F)F)C1CCNC1.Cl. The van der Waals surface area contributed by atoms with Gasteiger partial charge in [0.2, 0.25) is 0 Å². The van der Waals surface area contributed by atoms with Gasteiger partial charge < -0.3 is 10.2 Å². The van der Waals surface area contributed by atoms with Crippen LogP contribution in [-0.2, 0) is 4.79 Å². The Hall–Kier alpha value is -0.490. The number of nitrogens with one attached hydrogen (secondary N) is 1. The molecule has 84 valence electrons. The maximum atomic E-state index is 11.9. The van der Waals surface area contributed by atoms with Crippen LogP contribution in [0.25, 0.3) is 0 Å². The van der Waals surface area contributed by atoms with Crippen molar-refractivity contribution in [2.45, 2.75) is 18.6 Å². The molecule has 0 aromatic carbocycles. The summed E-state index contributed by atoms with van der Waals surface area (Å²) in [6.45, 7) is 1.11. The van der Waals surface area contributed by atoms with Crippen molar-refractivity contribution in [2.75, 3.05) is 20.1 Å². The van der Waals surface area contributed by atoms with Crippen LogP contribution in [0.4, 0.5) is 13.2 Å². The molecule has 0 bridgehead atoms. The van der Waals surface area contributed by atoms with Crippen LogP contribution >= 0.6 is 12.4 Å². The molecule has 3 nitrogen and oxygen atoms in total. The average molecular weight is 233 g/mol. The van der Waals surface area contributed by atoms with Gasteiger partial charge >= 0.3 is 12.1 Å². The lowest BCUT2D eigenvalue weighted by molar-refractivity contribution is -0.185. The second kappa shape index (κ2) is 4.84. The first-order valence-corrected chi connectivity index (χ1v) is 3.97. The lowest BCUT2D eigenvalue weighted by Crippen LogP contribution is -2.45. The number of hydrogen-bond acceptors (Lipinski definition) is 2. The van der Waals surface area contributed by atoms with E-state index in [1.165, 1.54) is 7.05 Å². The summed E-state index contributed by atoms with van der Waals surface area (Å²) in [6.07, 6.45) is -4.17. The number of rotatable bonds is 1. The molecule has 0 aromatic rings. The lowest BCUT2D eigenvalue weighted by Gasteiger charge is -2.24. The van der Waals surface area contributed by atoms with Crippen LogP contribution in [-0.4, -0.2) is 43.2 Å². The maximum absolute atomic E-state index is 11.9. The molecule has 1 aliphatic rings. The van der Waals surface area contributed by atoms with Crippen molar-refractivity contribution in [2.24, 2.45) is 0 Å². The fourth-order valence-corrected chi connectivity index (χ4v) is 1.34. The molecule has 0 aromatic heterocycles. The highest BCUT2D eigenvalue weighted by atomic mass is 35.5. The molecular formula is C7H12ClF3N2O. The zero-order valence-corrected chi connectivity index (χ0v) is 8.41. The van der Waals surface area contributed by atoms with E-state index in [4.69, 9.17) is 0 Å². The Morgan fingerprint density at radius 3 is 2.43 bits per heavy atom. The highest BCUT2D eigenvalue weighted by molar-refractivity contribution is 5.85. The molecule has 7 heteroatoms. The first kappa shape index (κ1) is 13.5. The molecule has 0 radical (unpaired) electrons. The zero-order valence-electron chi connectivity index (χ0n) is 7.60. The van der Waals surface area contributed by atoms with E-state index >= 15 is 0 Å². The van der Waals surface area contributed by atoms with Crippen LogP contribution in [0, 0.1) is 0 Å². The zero-order chi connectivity index (χ0) is 10.1. The standard InChI is InChI=1S/C7H11F3N2O.ClH/c1-12(5-2-3-11-4-5)6(13)7(8,9)10;/h5,11H,2-4H2,1H3;1H. The second-order valence-corrected chi connectivity index (χ2v) is 3.06. The van der Waals surface area contributed by atoms with Crippen LogP contribution in [0.1, 0.15) is 6.42 Å². The van der Waals surface area contributed by atoms with E-state index in [0.717, 1.165) is 4.90 Å². The fourth-order valence-electron chi connectivity index (χ4n) is 1.34. The molecule has 0 aliphatic carbocycles. The van der Waals surface area contributed by atoms with Crippen LogP contribution < -0.4 is 5.32 Å². The molecule has 1 saturated heterocycles. The van der Waals surface area contributed by atoms with Crippen LogP contribution in [0.5, 0.6) is 0 Å². The summed E-state index contributed by atoms with van der Waals surface area (Å²) >= 11 is 0. The van der Waals surface area contributed by atoms with E-state index in [0.29, 0.717) is 19.5 Å². The maximum Gasteiger partial charge on any atom is 0.471 e. The minimum Gasteiger partial charge on any atom is -0.334 e. The Morgan fingerprint density at radius 2 is 2.07 bits per heavy atom. The van der Waals surface area contributed by atoms with Crippen LogP contribution in [0.3, 0.4) is 0 Å². The van der Waals surface area contributed by atoms with Crippen molar-refractivity contribution in [3.63, 3.8) is 0 Å². The van der Waals surface area contributed by atoms with Gasteiger partial charge in [-0.1, -0.05) is 0 Å². The average Bonchev–Trinajstić information content (AvgIpc) is 2.51. The molecular weight excluding hydrogens is 221 g/mol. The Balaban J connectivity index is 0.00000169. The van der Waals surface area contributed by atoms with E-state index < -0.39 is 12.1 Å². The van der Waals surface area contributed by atoms with Gasteiger partial charge in [-0.25, -0.2) is 0 Å². The van der Waals surface area contributed by atoms with Gasteiger partial charge in [0, 0.05) is 19.6 Å². The first-order chi connectivity index (χ1) is 5.93. The van der Waals surface area contributed by atoms with Crippen molar-refractivity contribution in [1.29, 1.82) is 0 Å². The van der Waals surface area contributed by atoms with E-state index in [1.54, 1.807) is 0 Å². The van der Waals surface area contributed by atoms with Gasteiger partial charge in [-0.2, -0.15) is 13.2 Å². The number of halogens is 4. The van der Waals surface area contributed by atoms with Gasteiger partial charge in [-0.3, -0.25) is 4.79 Å². The van der Waals surface area contributed by atoms with Crippen LogP contribution in [0.2, 0.25) is 0 Å². The Labute approximate surface area is 86.0 Å². The molecule has 14 heavy (non-hydrogen) atoms. The molecule has 1 aliphatic heterocycles. The van der Waals surface area contributed by atoms with Crippen molar-refractivity contribution in [3.8, 4) is 0 Å². The van der Waals surface area contributed by atoms with Gasteiger partial charge in [-0.05, 0) is 13.0 Å². The van der Waals surface area contributed by atoms with E-state index in [2.05, 4.69) is 5.32 Å². The Morgan fingerprint density at radius 1 is 1.50 bits per heavy atom. The van der Waals surface area contributed by atoms with Gasteiger partial charge in [0.25, 0.3) is 0 Å². The number of nitrogens with zero attached hydrogens (tertiary/aromatic N) is 1. The largest absolute Gasteiger partial charge is 0.471 e. The summed E-state index contributed by atoms with van der Waals surface area (Å²) in [5.41, 5.74) is 0. The molecule has 0 saturated carbocycles. The normalized spacial score (nSPS) is 21.6. The minimum atomic E-state index is -4.75. The molecule has 1 amide bonds. The lowest BCUT2D eigenvalue weighted by atomic mass is 10.2. The summed E-state index contributed by atoms with van der Waals surface area (Å²) in [5.74, 6) is -1.76. The summed E-state index contributed by atoms with van der Waals surface area (Å²) in [7, 11) is 1.19. The Bertz CT molecular complexity index is 204. The summed E-state index contributed by atoms with van der Waals surface area (Å²) in [5, 5.41) is 2.90. The minimum absolute atomic E-state index is 0. The van der Waals surface area contributed by atoms with E-state index in [9.17, 15) is 18.0 Å². The first-order valence-electron chi connectivity index (χ1n) is 3.97. The molecule has 1 heterocycles. The molecule has 1 N–H and O–H groups in total. The molecule has 1 fully saturated rings. The van der Waals surface area contributed by atoms with Gasteiger partial charge in [0.1, 0.15) is 0 Å². The molecule has 0 spiro atoms. The number of carbonyl (C=O) groups excluding carboxylic acids is 1. The highest BCUT2D eigenvalue weighted by Gasteiger charge is 2.43. The molecule has 1 atom stereocenters. The number of alkyl halides is 3. The van der Waals surface area contributed by atoms with Crippen molar-refractivity contribution in [1.82, 2.24) is 10.2 Å². The van der Waals surface area contributed by atoms with Crippen LogP contribution in [0.15, 0.2) is 0 Å². The second-order valence-electron chi connectivity index (χ2n) is 3.06. The number of likely N-dealkylation sites (N-methyl/N-ethyl adjacent to an activating group) is 1. The van der Waals surface area contributed by atoms with Gasteiger partial charge in [0.15, 0.2) is 0 Å². The van der Waals surface area contributed by atoms with Gasteiger partial charge in [-0.15, -0.1) is 12.4 Å². The third-order valence-corrected chi connectivity index (χ3v) is 2.14. The number of hydrogen-bond donors (Lipinski definition) is 1. The Kier molecular flexibility index (Phi) is 4.67. The molecule has 1 rings (SSSR count). The number of amides is 1. The van der Waals surface area contributed by atoms with Crippen molar-refractivity contribution < 1.29 is 18.0 Å². The monoisotopic (exact) mass is 232 g/mol. The fraction of sp³-hybridized carbons (Fsp3) is 0.857. The predicted molar refractivity (Wildman–Crippen MR) is 47.3 cm³/mol. The summed E-state index contributed by atoms with van der Waals surface area (Å²) in [4.78, 5) is 11.5. The third kappa shape index (κ3) is 3.02. The van der Waals surface area contributed by atoms with Gasteiger partial charge in [0.05, 0.1) is 0 Å². The van der Waals surface area contributed by atoms with E-state index in [1.807, 2.05) is 0 Å². The van der Waals surface area contributed by atoms with Crippen molar-refractivity contribution in [3.05, 3.63) is 0 Å². The predicted octanol–water partition coefficient (Wildman–Crippen LogP) is 0.791. The quantitative estimate of drug-likeness (QED) is 0.725. The smallest absolute Gasteiger partial charge is 0.334 e. The van der Waals surface area contributed by atoms with E-state index in [-0.39, 0.29) is 18.4 Å².